The van der Waals surface area contributed by atoms with Crippen molar-refractivity contribution in [1.29, 1.82) is 0 Å². The van der Waals surface area contributed by atoms with Crippen molar-refractivity contribution in [1.82, 2.24) is 10.2 Å². The van der Waals surface area contributed by atoms with E-state index in [1.54, 1.807) is 6.92 Å². The average molecular weight is 404 g/mol. The molecular formula is C13H16N4O5S3. The number of sulfonamides is 1. The molecule has 0 saturated heterocycles. The molecule has 0 unspecified atom stereocenters. The third kappa shape index (κ3) is 6.49. The number of ether oxygens (including phenoxy) is 2. The summed E-state index contributed by atoms with van der Waals surface area (Å²) in [6, 6.07) is 5.85. The predicted molar refractivity (Wildman–Crippen MR) is 94.6 cm³/mol. The Labute approximate surface area is 153 Å². The molecule has 1 amide bonds. The number of thioether (sulfide) groups is 1. The molecule has 0 fully saturated rings. The Kier molecular flexibility index (Phi) is 6.99. The average Bonchev–Trinajstić information content (AvgIpc) is 2.98. The summed E-state index contributed by atoms with van der Waals surface area (Å²) in [6.07, 6.45) is -0.568. The second-order valence-electron chi connectivity index (χ2n) is 4.43. The molecule has 0 atom stereocenters. The van der Waals surface area contributed by atoms with Gasteiger partial charge >= 0.3 is 6.09 Å². The van der Waals surface area contributed by atoms with Crippen LogP contribution in [0.4, 0.5) is 9.93 Å². The number of rotatable bonds is 8. The number of nitrogens with zero attached hydrogens (tertiary/aromatic N) is 2. The standard InChI is InChI=1S/C13H16N4O5S3/c1-2-21-12(18)15-11-16-17-13(24-11)23-8-7-22-9-3-5-10(6-4-9)25(14,19)20/h3-6H,2,7-8H2,1H3,(H2,14,19,20)(H,15,16,18). The molecule has 1 heterocycles. The second kappa shape index (κ2) is 8.99. The zero-order valence-electron chi connectivity index (χ0n) is 13.2. The number of benzene rings is 1. The number of aromatic nitrogens is 2. The summed E-state index contributed by atoms with van der Waals surface area (Å²) < 4.78 is 33.2. The molecule has 0 aliphatic rings. The number of nitrogens with two attached hydrogens (primary N) is 1. The fraction of sp³-hybridized carbons (Fsp3) is 0.308. The first kappa shape index (κ1) is 19.4. The topological polar surface area (TPSA) is 134 Å². The van der Waals surface area contributed by atoms with E-state index in [0.29, 0.717) is 27.6 Å². The Morgan fingerprint density at radius 1 is 1.32 bits per heavy atom. The van der Waals surface area contributed by atoms with Gasteiger partial charge in [-0.25, -0.2) is 18.4 Å². The van der Waals surface area contributed by atoms with Crippen molar-refractivity contribution < 1.29 is 22.7 Å². The lowest BCUT2D eigenvalue weighted by molar-refractivity contribution is 0.168. The third-order valence-electron chi connectivity index (χ3n) is 2.62. The molecule has 0 saturated carbocycles. The van der Waals surface area contributed by atoms with Crippen LogP contribution in [0.1, 0.15) is 6.92 Å². The van der Waals surface area contributed by atoms with Gasteiger partial charge in [-0.3, -0.25) is 5.32 Å². The molecule has 0 bridgehead atoms. The van der Waals surface area contributed by atoms with Crippen LogP contribution in [0.25, 0.3) is 0 Å². The zero-order valence-corrected chi connectivity index (χ0v) is 15.6. The van der Waals surface area contributed by atoms with Gasteiger partial charge in [0.25, 0.3) is 0 Å². The van der Waals surface area contributed by atoms with Crippen molar-refractivity contribution in [3.8, 4) is 5.75 Å². The maximum atomic E-state index is 11.3. The Balaban J connectivity index is 1.74. The number of primary sulfonamides is 1. The molecule has 0 spiro atoms. The number of amides is 1. The van der Waals surface area contributed by atoms with Gasteiger partial charge in [0.2, 0.25) is 15.2 Å². The maximum Gasteiger partial charge on any atom is 0.413 e. The number of anilines is 1. The van der Waals surface area contributed by atoms with Crippen LogP contribution in [0.2, 0.25) is 0 Å². The van der Waals surface area contributed by atoms with Crippen molar-refractivity contribution in [3.05, 3.63) is 24.3 Å². The zero-order chi connectivity index (χ0) is 18.3. The molecule has 2 aromatic rings. The normalized spacial score (nSPS) is 11.1. The lowest BCUT2D eigenvalue weighted by Crippen LogP contribution is -2.12. The molecule has 136 valence electrons. The Morgan fingerprint density at radius 2 is 2.04 bits per heavy atom. The van der Waals surface area contributed by atoms with Gasteiger partial charge in [-0.05, 0) is 31.2 Å². The smallest absolute Gasteiger partial charge is 0.413 e. The second-order valence-corrected chi connectivity index (χ2v) is 8.31. The van der Waals surface area contributed by atoms with Gasteiger partial charge in [0.05, 0.1) is 18.1 Å². The van der Waals surface area contributed by atoms with Crippen LogP contribution in [0, 0.1) is 0 Å². The molecule has 12 heteroatoms. The maximum absolute atomic E-state index is 11.3. The van der Waals surface area contributed by atoms with Crippen LogP contribution in [0.5, 0.6) is 5.75 Å². The van der Waals surface area contributed by atoms with Gasteiger partial charge in [0, 0.05) is 5.75 Å². The van der Waals surface area contributed by atoms with Crippen LogP contribution in [0.3, 0.4) is 0 Å². The summed E-state index contributed by atoms with van der Waals surface area (Å²) >= 11 is 2.65. The Bertz CT molecular complexity index is 807. The van der Waals surface area contributed by atoms with E-state index in [-0.39, 0.29) is 11.5 Å². The molecule has 9 nitrogen and oxygen atoms in total. The molecule has 25 heavy (non-hydrogen) atoms. The fourth-order valence-corrected chi connectivity index (χ4v) is 3.73. The summed E-state index contributed by atoms with van der Waals surface area (Å²) in [6.45, 7) is 2.38. The highest BCUT2D eigenvalue weighted by molar-refractivity contribution is 8.01. The molecule has 2 rings (SSSR count). The van der Waals surface area contributed by atoms with Gasteiger partial charge in [0.15, 0.2) is 4.34 Å². The fourth-order valence-electron chi connectivity index (χ4n) is 1.59. The molecular weight excluding hydrogens is 388 g/mol. The summed E-state index contributed by atoms with van der Waals surface area (Å²) in [5.74, 6) is 1.14. The van der Waals surface area contributed by atoms with Gasteiger partial charge in [-0.2, -0.15) is 0 Å². The van der Waals surface area contributed by atoms with E-state index in [4.69, 9.17) is 14.6 Å². The van der Waals surface area contributed by atoms with Crippen molar-refractivity contribution in [2.24, 2.45) is 5.14 Å². The van der Waals surface area contributed by atoms with Crippen LogP contribution in [-0.4, -0.2) is 43.7 Å². The van der Waals surface area contributed by atoms with Crippen molar-refractivity contribution in [2.45, 2.75) is 16.2 Å². The quantitative estimate of drug-likeness (QED) is 0.387. The number of hydrogen-bond donors (Lipinski definition) is 2. The minimum atomic E-state index is -3.70. The number of carbonyl (C=O) groups excluding carboxylic acids is 1. The van der Waals surface area contributed by atoms with Crippen molar-refractivity contribution in [3.63, 3.8) is 0 Å². The number of carbonyl (C=O) groups is 1. The first-order valence-corrected chi connectivity index (χ1v) is 10.4. The minimum Gasteiger partial charge on any atom is -0.493 e. The van der Waals surface area contributed by atoms with Gasteiger partial charge in [-0.15, -0.1) is 10.2 Å². The minimum absolute atomic E-state index is 0.0321. The molecule has 3 N–H and O–H groups in total. The summed E-state index contributed by atoms with van der Waals surface area (Å²) in [7, 11) is -3.70. The monoisotopic (exact) mass is 404 g/mol. The Hall–Kier alpha value is -1.89. The predicted octanol–water partition coefficient (Wildman–Crippen LogP) is 1.92. The van der Waals surface area contributed by atoms with E-state index in [0.717, 1.165) is 0 Å². The summed E-state index contributed by atoms with van der Waals surface area (Å²) in [4.78, 5) is 11.3. The van der Waals surface area contributed by atoms with E-state index >= 15 is 0 Å². The Morgan fingerprint density at radius 3 is 2.68 bits per heavy atom. The van der Waals surface area contributed by atoms with Gasteiger partial charge < -0.3 is 9.47 Å². The SMILES string of the molecule is CCOC(=O)Nc1nnc(SCCOc2ccc(S(N)(=O)=O)cc2)s1. The van der Waals surface area contributed by atoms with Gasteiger partial charge in [0.1, 0.15) is 5.75 Å². The largest absolute Gasteiger partial charge is 0.493 e. The summed E-state index contributed by atoms with van der Waals surface area (Å²) in [5, 5.41) is 15.6. The summed E-state index contributed by atoms with van der Waals surface area (Å²) in [5.41, 5.74) is 0. The molecule has 0 aliphatic carbocycles. The van der Waals surface area contributed by atoms with Crippen LogP contribution in [0.15, 0.2) is 33.5 Å². The molecule has 0 aliphatic heterocycles. The number of nitrogens with one attached hydrogen (secondary N) is 1. The van der Waals surface area contributed by atoms with E-state index in [2.05, 4.69) is 15.5 Å². The number of hydrogen-bond acceptors (Lipinski definition) is 9. The van der Waals surface area contributed by atoms with E-state index in [9.17, 15) is 13.2 Å². The third-order valence-corrected chi connectivity index (χ3v) is 5.49. The highest BCUT2D eigenvalue weighted by Crippen LogP contribution is 2.25. The van der Waals surface area contributed by atoms with Crippen LogP contribution >= 0.6 is 23.1 Å². The lowest BCUT2D eigenvalue weighted by Gasteiger charge is -2.05. The lowest BCUT2D eigenvalue weighted by atomic mass is 10.3. The van der Waals surface area contributed by atoms with Crippen molar-refractivity contribution in [2.75, 3.05) is 24.3 Å². The van der Waals surface area contributed by atoms with E-state index in [1.165, 1.54) is 47.4 Å². The van der Waals surface area contributed by atoms with Crippen LogP contribution < -0.4 is 15.2 Å². The molecule has 1 aromatic carbocycles. The van der Waals surface area contributed by atoms with E-state index < -0.39 is 16.1 Å². The highest BCUT2D eigenvalue weighted by atomic mass is 32.2. The van der Waals surface area contributed by atoms with Gasteiger partial charge in [-0.1, -0.05) is 23.1 Å². The van der Waals surface area contributed by atoms with Crippen molar-refractivity contribution >= 4 is 44.3 Å². The molecule has 0 radical (unpaired) electrons. The first-order valence-electron chi connectivity index (χ1n) is 7.04. The molecule has 1 aromatic heterocycles. The first-order chi connectivity index (χ1) is 11.9. The highest BCUT2D eigenvalue weighted by Gasteiger charge is 2.09. The van der Waals surface area contributed by atoms with Crippen LogP contribution in [-0.2, 0) is 14.8 Å². The van der Waals surface area contributed by atoms with E-state index in [1.807, 2.05) is 0 Å².